The minimum atomic E-state index is -0.893. The van der Waals surface area contributed by atoms with Gasteiger partial charge in [-0.1, -0.05) is 58.8 Å². The number of hydrogen-bond acceptors (Lipinski definition) is 0. The molecule has 0 amide bonds. The van der Waals surface area contributed by atoms with Crippen molar-refractivity contribution in [2.75, 3.05) is 4.93 Å². The van der Waals surface area contributed by atoms with E-state index in [4.69, 9.17) is 0 Å². The Labute approximate surface area is 208 Å². The molecule has 0 aliphatic heterocycles. The molecule has 0 heterocycles. The number of rotatable bonds is 11. The Morgan fingerprint density at radius 1 is 0.871 bits per heavy atom. The van der Waals surface area contributed by atoms with Crippen molar-refractivity contribution >= 4 is 34.5 Å². The molecule has 172 valence electrons. The Morgan fingerprint density at radius 2 is 1.48 bits per heavy atom. The van der Waals surface area contributed by atoms with E-state index in [2.05, 4.69) is 85.9 Å². The van der Waals surface area contributed by atoms with E-state index >= 15 is 0 Å². The predicted octanol–water partition coefficient (Wildman–Crippen LogP) is 10.4. The predicted molar refractivity (Wildman–Crippen MR) is 156 cm³/mol. The van der Waals surface area contributed by atoms with Gasteiger partial charge >= 0.3 is 140 Å². The Balaban J connectivity index is 1.45. The van der Waals surface area contributed by atoms with E-state index in [1.165, 1.54) is 87.3 Å². The summed E-state index contributed by atoms with van der Waals surface area (Å²) in [6.45, 7) is 4.79. The molecule has 0 N–H and O–H groups in total. The summed E-state index contributed by atoms with van der Waals surface area (Å²) in [6.07, 6.45) is 15.7. The molecule has 2 aromatic carbocycles. The fourth-order valence-corrected chi connectivity index (χ4v) is 8.38. The molecule has 31 heavy (non-hydrogen) atoms. The molecule has 0 nitrogen and oxygen atoms in total. The molecule has 1 aliphatic rings. The van der Waals surface area contributed by atoms with Gasteiger partial charge in [0.25, 0.3) is 0 Å². The van der Waals surface area contributed by atoms with Crippen LogP contribution in [0.3, 0.4) is 0 Å². The van der Waals surface area contributed by atoms with Crippen molar-refractivity contribution in [2.45, 2.75) is 84.5 Å². The fraction of sp³-hybridized carbons (Fsp3) is 0.586. The van der Waals surface area contributed by atoms with Gasteiger partial charge in [-0.15, -0.1) is 0 Å². The molecule has 1 fully saturated rings. The van der Waals surface area contributed by atoms with E-state index in [0.29, 0.717) is 0 Å². The molecule has 2 heteroatoms. The van der Waals surface area contributed by atoms with E-state index in [1.807, 2.05) is 0 Å². The molecule has 0 radical (unpaired) electrons. The van der Waals surface area contributed by atoms with E-state index in [-0.39, 0.29) is 0 Å². The molecule has 1 saturated carbocycles. The summed E-state index contributed by atoms with van der Waals surface area (Å²) in [6, 6.07) is 18.7. The Hall–Kier alpha value is -0.100. The van der Waals surface area contributed by atoms with E-state index in [1.54, 1.807) is 3.57 Å². The number of aryl methyl sites for hydroxylation is 1. The molecule has 0 aromatic heterocycles. The third-order valence-electron chi connectivity index (χ3n) is 7.33. The number of alkyl halides is 1. The van der Waals surface area contributed by atoms with Gasteiger partial charge in [0.2, 0.25) is 0 Å². The molecule has 0 spiro atoms. The first kappa shape index (κ1) is 25.5. The number of benzene rings is 2. The second kappa shape index (κ2) is 13.6. The van der Waals surface area contributed by atoms with Crippen molar-refractivity contribution in [3.63, 3.8) is 0 Å². The summed E-state index contributed by atoms with van der Waals surface area (Å²) < 4.78 is 1.56. The van der Waals surface area contributed by atoms with Crippen LogP contribution in [-0.4, -0.2) is 4.93 Å². The standard InChI is InChI=1S/C29H42I2/c1-4-6-24(7-5-8-25-11-9-23(2)10-12-25)13-14-26-15-17-27(18-16-26)28-19-21-29(22-20-28)31(3)30/h15-25H,4-14H2,1-3H3. The second-order valence-corrected chi connectivity index (χ2v) is 21.6. The van der Waals surface area contributed by atoms with Crippen LogP contribution in [0.15, 0.2) is 48.5 Å². The monoisotopic (exact) mass is 644 g/mol. The van der Waals surface area contributed by atoms with E-state index < -0.39 is 15.8 Å². The Bertz CT molecular complexity index is 739. The number of hydrogen-bond donors (Lipinski definition) is 0. The van der Waals surface area contributed by atoms with Crippen LogP contribution in [0, 0.1) is 21.3 Å². The third-order valence-corrected chi connectivity index (χ3v) is 12.9. The zero-order valence-electron chi connectivity index (χ0n) is 19.9. The summed E-state index contributed by atoms with van der Waals surface area (Å²) >= 11 is 1.74. The van der Waals surface area contributed by atoms with Crippen LogP contribution >= 0.6 is 34.5 Å². The van der Waals surface area contributed by atoms with E-state index in [9.17, 15) is 0 Å². The topological polar surface area (TPSA) is 0 Å². The Kier molecular flexibility index (Phi) is 11.2. The first-order valence-electron chi connectivity index (χ1n) is 12.5. The van der Waals surface area contributed by atoms with Crippen LogP contribution in [0.2, 0.25) is 0 Å². The minimum absolute atomic E-state index is 0.893. The SMILES string of the molecule is CCCC(CCCC1CCC(C)CC1)CCc1ccc(-c2ccc(I(C)I)cc2)cc1. The molecule has 0 saturated heterocycles. The van der Waals surface area contributed by atoms with Crippen molar-refractivity contribution in [1.82, 2.24) is 0 Å². The van der Waals surface area contributed by atoms with Gasteiger partial charge < -0.3 is 0 Å². The van der Waals surface area contributed by atoms with Crippen molar-refractivity contribution in [3.8, 4) is 11.1 Å². The zero-order valence-corrected chi connectivity index (χ0v) is 24.2. The maximum absolute atomic E-state index is 2.64. The van der Waals surface area contributed by atoms with Crippen LogP contribution in [0.25, 0.3) is 11.1 Å². The summed E-state index contributed by atoms with van der Waals surface area (Å²) in [5.41, 5.74) is 4.22. The molecule has 1 atom stereocenters. The van der Waals surface area contributed by atoms with Crippen LogP contribution in [-0.2, 0) is 6.42 Å². The quantitative estimate of drug-likeness (QED) is 0.169. The molecule has 1 unspecified atom stereocenters. The summed E-state index contributed by atoms with van der Waals surface area (Å²) in [5.74, 6) is 2.93. The summed E-state index contributed by atoms with van der Waals surface area (Å²) in [7, 11) is 0. The van der Waals surface area contributed by atoms with Gasteiger partial charge in [-0.05, 0) is 11.8 Å². The van der Waals surface area contributed by atoms with Gasteiger partial charge in [0.05, 0.1) is 0 Å². The first-order chi connectivity index (χ1) is 15.0. The van der Waals surface area contributed by atoms with Gasteiger partial charge in [-0.3, -0.25) is 0 Å². The normalized spacial score (nSPS) is 20.5. The second-order valence-electron chi connectivity index (χ2n) is 9.86. The third kappa shape index (κ3) is 8.64. The van der Waals surface area contributed by atoms with Crippen LogP contribution in [0.1, 0.15) is 83.6 Å². The average Bonchev–Trinajstić information content (AvgIpc) is 2.79. The van der Waals surface area contributed by atoms with Crippen molar-refractivity contribution in [2.24, 2.45) is 17.8 Å². The van der Waals surface area contributed by atoms with Gasteiger partial charge in [-0.2, -0.15) is 0 Å². The molecule has 1 aliphatic carbocycles. The summed E-state index contributed by atoms with van der Waals surface area (Å²) in [4.78, 5) is 2.40. The summed E-state index contributed by atoms with van der Waals surface area (Å²) in [5, 5.41) is 0. The van der Waals surface area contributed by atoms with Crippen LogP contribution in [0.4, 0.5) is 0 Å². The Morgan fingerprint density at radius 3 is 2.06 bits per heavy atom. The first-order valence-corrected chi connectivity index (χ1v) is 22.0. The van der Waals surface area contributed by atoms with Crippen molar-refractivity contribution in [1.29, 1.82) is 0 Å². The van der Waals surface area contributed by atoms with Gasteiger partial charge in [0.1, 0.15) is 0 Å². The molecule has 3 rings (SSSR count). The van der Waals surface area contributed by atoms with E-state index in [0.717, 1.165) is 17.8 Å². The van der Waals surface area contributed by atoms with Gasteiger partial charge in [0.15, 0.2) is 0 Å². The average molecular weight is 644 g/mol. The van der Waals surface area contributed by atoms with Crippen LogP contribution in [0.5, 0.6) is 0 Å². The molecular weight excluding hydrogens is 602 g/mol. The molecule has 2 aromatic rings. The van der Waals surface area contributed by atoms with Crippen molar-refractivity contribution in [3.05, 3.63) is 57.7 Å². The molecule has 0 bridgehead atoms. The van der Waals surface area contributed by atoms with Gasteiger partial charge in [-0.25, -0.2) is 0 Å². The maximum atomic E-state index is 2.64. The van der Waals surface area contributed by atoms with Gasteiger partial charge in [0, 0.05) is 0 Å². The molecular formula is C29H42I2. The fourth-order valence-electron chi connectivity index (χ4n) is 5.20. The van der Waals surface area contributed by atoms with Crippen LogP contribution < -0.4 is 0 Å². The number of halogens is 2. The van der Waals surface area contributed by atoms with Crippen molar-refractivity contribution < 1.29 is 0 Å². The zero-order chi connectivity index (χ0) is 22.1.